The van der Waals surface area contributed by atoms with Crippen LogP contribution in [0.5, 0.6) is 0 Å². The Morgan fingerprint density at radius 2 is 0.984 bits per heavy atom. The van der Waals surface area contributed by atoms with Crippen molar-refractivity contribution < 1.29 is 4.42 Å². The summed E-state index contributed by atoms with van der Waals surface area (Å²) < 4.78 is 9.50. The summed E-state index contributed by atoms with van der Waals surface area (Å²) in [5.41, 5.74) is 19.4. The average molecular weight is 832 g/mol. The number of furan rings is 1. The molecule has 3 heteroatoms. The minimum Gasteiger partial charge on any atom is -0.454 e. The lowest BCUT2D eigenvalue weighted by atomic mass is 9.65. The molecule has 0 saturated carbocycles. The van der Waals surface area contributed by atoms with E-state index in [0.29, 0.717) is 0 Å². The van der Waals surface area contributed by atoms with Crippen molar-refractivity contribution in [3.05, 3.63) is 247 Å². The van der Waals surface area contributed by atoms with Crippen molar-refractivity contribution in [2.24, 2.45) is 0 Å². The van der Waals surface area contributed by atoms with Gasteiger partial charge in [0.15, 0.2) is 5.58 Å². The van der Waals surface area contributed by atoms with Gasteiger partial charge in [0.1, 0.15) is 5.58 Å². The van der Waals surface area contributed by atoms with Crippen molar-refractivity contribution in [1.82, 2.24) is 0 Å². The second-order valence-corrected chi connectivity index (χ2v) is 18.1. The van der Waals surface area contributed by atoms with Crippen molar-refractivity contribution in [3.63, 3.8) is 0 Å². The molecule has 2 aliphatic rings. The molecule has 10 aromatic carbocycles. The molecule has 2 aliphatic carbocycles. The van der Waals surface area contributed by atoms with E-state index in [-0.39, 0.29) is 0 Å². The molecule has 64 heavy (non-hydrogen) atoms. The molecule has 1 unspecified atom stereocenters. The molecule has 2 aromatic heterocycles. The highest BCUT2D eigenvalue weighted by Crippen LogP contribution is 2.64. The van der Waals surface area contributed by atoms with Crippen LogP contribution >= 0.6 is 11.3 Å². The van der Waals surface area contributed by atoms with Crippen molar-refractivity contribution in [3.8, 4) is 44.5 Å². The highest BCUT2D eigenvalue weighted by Gasteiger charge is 2.50. The molecule has 14 rings (SSSR count). The molecule has 12 aromatic rings. The fourth-order valence-electron chi connectivity index (χ4n) is 11.3. The molecule has 0 radical (unpaired) electrons. The Morgan fingerprint density at radius 1 is 0.375 bits per heavy atom. The molecule has 0 bridgehead atoms. The van der Waals surface area contributed by atoms with Crippen molar-refractivity contribution in [2.75, 3.05) is 4.90 Å². The summed E-state index contributed by atoms with van der Waals surface area (Å²) in [6.45, 7) is 0. The summed E-state index contributed by atoms with van der Waals surface area (Å²) in [4.78, 5) is 2.41. The lowest BCUT2D eigenvalue weighted by Crippen LogP contribution is -2.29. The molecular formula is C61H37NOS. The van der Waals surface area contributed by atoms with Gasteiger partial charge < -0.3 is 9.32 Å². The minimum atomic E-state index is -0.647. The number of thiophene rings is 1. The quantitative estimate of drug-likeness (QED) is 0.176. The maximum Gasteiger partial charge on any atom is 0.159 e. The Kier molecular flexibility index (Phi) is 7.51. The molecule has 0 N–H and O–H groups in total. The normalized spacial score (nSPS) is 14.6. The number of hydrogen-bond acceptors (Lipinski definition) is 3. The Labute approximate surface area is 374 Å². The van der Waals surface area contributed by atoms with Gasteiger partial charge in [-0.1, -0.05) is 182 Å². The lowest BCUT2D eigenvalue weighted by molar-refractivity contribution is 0.669. The number of rotatable bonds is 4. The maximum atomic E-state index is 6.84. The molecule has 0 saturated heterocycles. The number of anilines is 3. The third-order valence-corrected chi connectivity index (χ3v) is 15.1. The van der Waals surface area contributed by atoms with Gasteiger partial charge in [-0.25, -0.2) is 0 Å². The lowest BCUT2D eigenvalue weighted by Gasteiger charge is -2.36. The molecule has 298 valence electrons. The van der Waals surface area contributed by atoms with Gasteiger partial charge in [-0.2, -0.15) is 0 Å². The van der Waals surface area contributed by atoms with Crippen LogP contribution in [0.25, 0.3) is 86.6 Å². The van der Waals surface area contributed by atoms with Gasteiger partial charge in [-0.3, -0.25) is 0 Å². The second-order valence-electron chi connectivity index (χ2n) is 17.1. The molecule has 0 aliphatic heterocycles. The zero-order chi connectivity index (χ0) is 41.9. The summed E-state index contributed by atoms with van der Waals surface area (Å²) in [5, 5.41) is 4.84. The summed E-state index contributed by atoms with van der Waals surface area (Å²) in [6, 6.07) is 82.9. The molecule has 2 nitrogen and oxygen atoms in total. The molecule has 0 fully saturated rings. The van der Waals surface area contributed by atoms with E-state index in [1.807, 2.05) is 11.3 Å². The van der Waals surface area contributed by atoms with E-state index in [4.69, 9.17) is 4.42 Å². The molecule has 2 heterocycles. The fraction of sp³-hybridized carbons (Fsp3) is 0.0164. The van der Waals surface area contributed by atoms with E-state index < -0.39 is 5.41 Å². The monoisotopic (exact) mass is 831 g/mol. The summed E-state index contributed by atoms with van der Waals surface area (Å²) in [5.74, 6) is 0. The zero-order valence-corrected chi connectivity index (χ0v) is 35.4. The van der Waals surface area contributed by atoms with Crippen LogP contribution in [0.2, 0.25) is 0 Å². The van der Waals surface area contributed by atoms with Gasteiger partial charge in [0, 0.05) is 47.9 Å². The third-order valence-electron chi connectivity index (χ3n) is 13.9. The van der Waals surface area contributed by atoms with Gasteiger partial charge >= 0.3 is 0 Å². The van der Waals surface area contributed by atoms with E-state index in [9.17, 15) is 0 Å². The van der Waals surface area contributed by atoms with Gasteiger partial charge in [0.05, 0.1) is 11.1 Å². The molecule has 0 amide bonds. The number of hydrogen-bond donors (Lipinski definition) is 0. The molecular weight excluding hydrogens is 795 g/mol. The molecule has 1 atom stereocenters. The fourth-order valence-corrected chi connectivity index (χ4v) is 12.5. The second kappa shape index (κ2) is 13.5. The first-order chi connectivity index (χ1) is 31.8. The zero-order valence-electron chi connectivity index (χ0n) is 34.6. The van der Waals surface area contributed by atoms with E-state index >= 15 is 0 Å². The van der Waals surface area contributed by atoms with Crippen LogP contribution in [-0.4, -0.2) is 0 Å². The average Bonchev–Trinajstić information content (AvgIpc) is 4.01. The molecule has 1 spiro atoms. The van der Waals surface area contributed by atoms with Crippen LogP contribution in [0.4, 0.5) is 17.1 Å². The smallest absolute Gasteiger partial charge is 0.159 e. The standard InChI is InChI=1S/C61H37NOS/c1-2-15-38(16-3-1)39-29-31-40(32-30-39)62(55-26-14-23-48-46-20-8-12-27-56(46)63-59(48)55)41-33-34-45-43-18-5-4-17-42(43)44-19-6-10-24-51(44)61(54(45)37-41)52-25-11-7-22-50(52)58-53(61)36-35-49-47-21-9-13-28-57(47)64-60(49)58/h1-37H. The highest BCUT2D eigenvalue weighted by atomic mass is 32.1. The predicted molar refractivity (Wildman–Crippen MR) is 268 cm³/mol. The third kappa shape index (κ3) is 4.85. The first kappa shape index (κ1) is 35.6. The highest BCUT2D eigenvalue weighted by molar-refractivity contribution is 7.26. The van der Waals surface area contributed by atoms with Gasteiger partial charge in [0.25, 0.3) is 0 Å². The summed E-state index contributed by atoms with van der Waals surface area (Å²) in [7, 11) is 0. The predicted octanol–water partition coefficient (Wildman–Crippen LogP) is 17.1. The van der Waals surface area contributed by atoms with Gasteiger partial charge in [-0.15, -0.1) is 11.3 Å². The summed E-state index contributed by atoms with van der Waals surface area (Å²) in [6.07, 6.45) is 0. The maximum absolute atomic E-state index is 6.84. The Bertz CT molecular complexity index is 3860. The number of fused-ring (bicyclic) bond motifs is 19. The van der Waals surface area contributed by atoms with Crippen LogP contribution in [0.1, 0.15) is 22.3 Å². The first-order valence-corrected chi connectivity index (χ1v) is 22.8. The Morgan fingerprint density at radius 3 is 1.80 bits per heavy atom. The van der Waals surface area contributed by atoms with Crippen molar-refractivity contribution >= 4 is 70.5 Å². The van der Waals surface area contributed by atoms with E-state index in [1.165, 1.54) is 86.9 Å². The summed E-state index contributed by atoms with van der Waals surface area (Å²) >= 11 is 1.92. The number of nitrogens with zero attached hydrogens (tertiary/aromatic N) is 1. The van der Waals surface area contributed by atoms with E-state index in [2.05, 4.69) is 229 Å². The van der Waals surface area contributed by atoms with E-state index in [1.54, 1.807) is 0 Å². The largest absolute Gasteiger partial charge is 0.454 e. The topological polar surface area (TPSA) is 16.4 Å². The SMILES string of the molecule is c1ccc(-c2ccc(N(c3ccc4c(c3)C3(c5ccccc5-c5ccccc5-4)c4ccccc4-c4c3ccc3c4sc4ccccc43)c3cccc4c3oc3ccccc34)cc2)cc1. The van der Waals surface area contributed by atoms with Crippen molar-refractivity contribution in [2.45, 2.75) is 5.41 Å². The van der Waals surface area contributed by atoms with Crippen LogP contribution < -0.4 is 4.90 Å². The van der Waals surface area contributed by atoms with Crippen LogP contribution in [-0.2, 0) is 5.41 Å². The van der Waals surface area contributed by atoms with Gasteiger partial charge in [0.2, 0.25) is 0 Å². The van der Waals surface area contributed by atoms with Crippen molar-refractivity contribution in [1.29, 1.82) is 0 Å². The minimum absolute atomic E-state index is 0.647. The van der Waals surface area contributed by atoms with Gasteiger partial charge in [-0.05, 0) is 104 Å². The van der Waals surface area contributed by atoms with Crippen LogP contribution in [0.15, 0.2) is 229 Å². The van der Waals surface area contributed by atoms with E-state index in [0.717, 1.165) is 39.0 Å². The number of para-hydroxylation sites is 2. The van der Waals surface area contributed by atoms with Crippen LogP contribution in [0.3, 0.4) is 0 Å². The Balaban J connectivity index is 1.10. The Hall–Kier alpha value is -7.98. The first-order valence-electron chi connectivity index (χ1n) is 22.0. The van der Waals surface area contributed by atoms with Crippen LogP contribution in [0, 0.1) is 0 Å². The number of benzene rings is 10.